The lowest BCUT2D eigenvalue weighted by Crippen LogP contribution is -2.53. The van der Waals surface area contributed by atoms with Gasteiger partial charge >= 0.3 is 6.09 Å². The number of halogens is 2. The molecule has 0 spiro atoms. The van der Waals surface area contributed by atoms with Crippen LogP contribution >= 0.6 is 15.9 Å². The van der Waals surface area contributed by atoms with Crippen molar-refractivity contribution in [3.05, 3.63) is 48.9 Å². The molecule has 1 fully saturated rings. The summed E-state index contributed by atoms with van der Waals surface area (Å²) in [5.41, 5.74) is -1.01. The zero-order valence-electron chi connectivity index (χ0n) is 15.8. The van der Waals surface area contributed by atoms with Gasteiger partial charge in [-0.1, -0.05) is 15.9 Å². The van der Waals surface area contributed by atoms with Crippen molar-refractivity contribution < 1.29 is 13.9 Å². The maximum atomic E-state index is 13.6. The number of carbonyl (C=O) groups is 1. The molecular formula is C19H21BrFN3O4. The van der Waals surface area contributed by atoms with Crippen LogP contribution in [0.3, 0.4) is 0 Å². The van der Waals surface area contributed by atoms with E-state index in [4.69, 9.17) is 4.74 Å². The van der Waals surface area contributed by atoms with E-state index >= 15 is 0 Å². The van der Waals surface area contributed by atoms with Crippen molar-refractivity contribution >= 4 is 39.1 Å². The van der Waals surface area contributed by atoms with E-state index in [1.54, 1.807) is 36.6 Å². The Labute approximate surface area is 169 Å². The molecule has 0 radical (unpaired) electrons. The van der Waals surface area contributed by atoms with Crippen LogP contribution in [0, 0.1) is 5.82 Å². The second-order valence-corrected chi connectivity index (χ2v) is 8.54. The minimum Gasteiger partial charge on any atom is -0.444 e. The quantitative estimate of drug-likeness (QED) is 0.719. The number of ether oxygens (including phenoxy) is 1. The fraction of sp³-hybridized carbons (Fsp3) is 0.421. The molecule has 0 bridgehead atoms. The first-order valence-electron chi connectivity index (χ1n) is 8.84. The lowest BCUT2D eigenvalue weighted by atomic mass is 10.1. The molecule has 0 aromatic heterocycles. The molecule has 0 atom stereocenters. The van der Waals surface area contributed by atoms with Crippen molar-refractivity contribution in [2.24, 2.45) is 0 Å². The van der Waals surface area contributed by atoms with Gasteiger partial charge in [0.1, 0.15) is 22.8 Å². The van der Waals surface area contributed by atoms with Crippen molar-refractivity contribution in [2.45, 2.75) is 26.4 Å². The molecular weight excluding hydrogens is 433 g/mol. The third-order valence-electron chi connectivity index (χ3n) is 4.26. The Hall–Kier alpha value is -2.42. The molecule has 1 aliphatic heterocycles. The highest BCUT2D eigenvalue weighted by atomic mass is 79.9. The lowest BCUT2D eigenvalue weighted by molar-refractivity contribution is 0.0240. The fourth-order valence-corrected chi connectivity index (χ4v) is 3.47. The van der Waals surface area contributed by atoms with Crippen LogP contribution in [0.1, 0.15) is 20.8 Å². The number of rotatable bonds is 3. The minimum atomic E-state index is -0.634. The number of amides is 1. The van der Waals surface area contributed by atoms with Crippen molar-refractivity contribution in [2.75, 3.05) is 36.4 Å². The predicted molar refractivity (Wildman–Crippen MR) is 109 cm³/mol. The summed E-state index contributed by atoms with van der Waals surface area (Å²) in [7, 11) is 0. The molecule has 1 saturated heterocycles. The molecule has 1 amide bonds. The van der Waals surface area contributed by atoms with Gasteiger partial charge in [-0.25, -0.2) is 9.18 Å². The van der Waals surface area contributed by atoms with E-state index in [1.165, 1.54) is 12.1 Å². The minimum absolute atomic E-state index is 0.146. The molecule has 28 heavy (non-hydrogen) atoms. The number of carbonyl (C=O) groups excluding carboxylic acids is 1. The van der Waals surface area contributed by atoms with Crippen molar-refractivity contribution in [3.63, 3.8) is 0 Å². The number of nitrogens with zero attached hydrogens (tertiary/aromatic N) is 2. The standard InChI is InChI=1S/C19H21BrFN3O4/c1-19(2,3)28-18(27)24-6-4-23(5-7-24)15-14(16(25)17(15)26)22-13-9-11(20)8-12(21)10-13/h8-10,22H,4-7H2,1-3H3. The zero-order chi connectivity index (χ0) is 20.6. The summed E-state index contributed by atoms with van der Waals surface area (Å²) in [5, 5.41) is 2.84. The Balaban J connectivity index is 1.71. The van der Waals surface area contributed by atoms with E-state index in [0.717, 1.165) is 0 Å². The zero-order valence-corrected chi connectivity index (χ0v) is 17.4. The maximum absolute atomic E-state index is 13.6. The number of piperazine rings is 1. The van der Waals surface area contributed by atoms with Gasteiger partial charge in [0.15, 0.2) is 0 Å². The average Bonchev–Trinajstić information content (AvgIpc) is 2.59. The third-order valence-corrected chi connectivity index (χ3v) is 4.72. The first-order valence-corrected chi connectivity index (χ1v) is 9.64. The van der Waals surface area contributed by atoms with Crippen LogP contribution in [0.2, 0.25) is 0 Å². The number of anilines is 3. The van der Waals surface area contributed by atoms with Gasteiger partial charge in [-0.3, -0.25) is 9.59 Å². The van der Waals surface area contributed by atoms with Crippen molar-refractivity contribution in [1.29, 1.82) is 0 Å². The summed E-state index contributed by atoms with van der Waals surface area (Å²) < 4.78 is 19.4. The van der Waals surface area contributed by atoms with Gasteiger partial charge in [0, 0.05) is 36.3 Å². The number of hydrogen-bond acceptors (Lipinski definition) is 6. The van der Waals surface area contributed by atoms with Crippen molar-refractivity contribution in [3.8, 4) is 0 Å². The summed E-state index contributed by atoms with van der Waals surface area (Å²) in [6.45, 7) is 6.93. The highest BCUT2D eigenvalue weighted by molar-refractivity contribution is 9.10. The predicted octanol–water partition coefficient (Wildman–Crippen LogP) is 2.98. The van der Waals surface area contributed by atoms with Crippen LogP contribution in [0.4, 0.5) is 26.2 Å². The Morgan fingerprint density at radius 3 is 2.32 bits per heavy atom. The molecule has 2 aromatic rings. The van der Waals surface area contributed by atoms with E-state index in [2.05, 4.69) is 21.2 Å². The number of hydrogen-bond donors (Lipinski definition) is 1. The first kappa shape index (κ1) is 20.3. The average molecular weight is 454 g/mol. The summed E-state index contributed by atoms with van der Waals surface area (Å²) in [4.78, 5) is 39.7. The summed E-state index contributed by atoms with van der Waals surface area (Å²) in [6, 6.07) is 4.15. The Morgan fingerprint density at radius 1 is 1.11 bits per heavy atom. The summed E-state index contributed by atoms with van der Waals surface area (Å²) in [5.74, 6) is -0.469. The Bertz CT molecular complexity index is 950. The Morgan fingerprint density at radius 2 is 1.75 bits per heavy atom. The van der Waals surface area contributed by atoms with Crippen LogP contribution in [0.5, 0.6) is 0 Å². The van der Waals surface area contributed by atoms with E-state index in [1.807, 2.05) is 0 Å². The second kappa shape index (κ2) is 7.54. The first-order chi connectivity index (χ1) is 13.0. The molecule has 0 saturated carbocycles. The monoisotopic (exact) mass is 453 g/mol. The molecule has 7 nitrogen and oxygen atoms in total. The molecule has 9 heteroatoms. The molecule has 0 aliphatic carbocycles. The maximum Gasteiger partial charge on any atom is 0.410 e. The van der Waals surface area contributed by atoms with Gasteiger partial charge in [-0.15, -0.1) is 0 Å². The number of benzene rings is 1. The smallest absolute Gasteiger partial charge is 0.410 e. The van der Waals surface area contributed by atoms with E-state index in [-0.39, 0.29) is 11.4 Å². The van der Waals surface area contributed by atoms with Crippen LogP contribution in [-0.4, -0.2) is 42.8 Å². The summed E-state index contributed by atoms with van der Waals surface area (Å²) >= 11 is 3.19. The summed E-state index contributed by atoms with van der Waals surface area (Å²) in [6.07, 6.45) is -0.403. The molecule has 3 rings (SSSR count). The van der Waals surface area contributed by atoms with E-state index in [9.17, 15) is 18.8 Å². The topological polar surface area (TPSA) is 79.0 Å². The molecule has 1 heterocycles. The van der Waals surface area contributed by atoms with E-state index in [0.29, 0.717) is 36.3 Å². The molecule has 0 unspecified atom stereocenters. The van der Waals surface area contributed by atoms with Gasteiger partial charge in [-0.05, 0) is 39.0 Å². The van der Waals surface area contributed by atoms with Gasteiger partial charge in [0.25, 0.3) is 10.9 Å². The fourth-order valence-electron chi connectivity index (χ4n) is 3.01. The molecule has 2 aromatic carbocycles. The number of nitrogens with one attached hydrogen (secondary N) is 1. The van der Waals surface area contributed by atoms with Gasteiger partial charge in [0.2, 0.25) is 0 Å². The van der Waals surface area contributed by atoms with Gasteiger partial charge in [0.05, 0.1) is 0 Å². The molecule has 1 aliphatic rings. The third kappa shape index (κ3) is 4.35. The Kier molecular flexibility index (Phi) is 5.47. The van der Waals surface area contributed by atoms with Crippen LogP contribution in [0.25, 0.3) is 0 Å². The van der Waals surface area contributed by atoms with Gasteiger partial charge < -0.3 is 19.9 Å². The van der Waals surface area contributed by atoms with Crippen LogP contribution in [0.15, 0.2) is 32.3 Å². The highest BCUT2D eigenvalue weighted by Gasteiger charge is 2.31. The second-order valence-electron chi connectivity index (χ2n) is 7.62. The van der Waals surface area contributed by atoms with Crippen LogP contribution in [-0.2, 0) is 4.74 Å². The SMILES string of the molecule is CC(C)(C)OC(=O)N1CCN(c2c(Nc3cc(F)cc(Br)c3)c(=O)c2=O)CC1. The van der Waals surface area contributed by atoms with E-state index < -0.39 is 28.4 Å². The van der Waals surface area contributed by atoms with Crippen LogP contribution < -0.4 is 21.1 Å². The largest absolute Gasteiger partial charge is 0.444 e. The normalized spacial score (nSPS) is 15.0. The lowest BCUT2D eigenvalue weighted by Gasteiger charge is -2.37. The highest BCUT2D eigenvalue weighted by Crippen LogP contribution is 2.27. The molecule has 1 N–H and O–H groups in total. The van der Waals surface area contributed by atoms with Gasteiger partial charge in [-0.2, -0.15) is 0 Å². The molecule has 150 valence electrons. The van der Waals surface area contributed by atoms with Crippen molar-refractivity contribution in [1.82, 2.24) is 4.90 Å².